The zero-order valence-electron chi connectivity index (χ0n) is 9.02. The highest BCUT2D eigenvalue weighted by Gasteiger charge is 2.20. The summed E-state index contributed by atoms with van der Waals surface area (Å²) >= 11 is 0. The fraction of sp³-hybridized carbons (Fsp3) is 0.600. The number of likely N-dealkylation sites (tertiary alicyclic amines) is 1. The van der Waals surface area contributed by atoms with E-state index in [0.717, 1.165) is 25.9 Å². The van der Waals surface area contributed by atoms with Gasteiger partial charge in [-0.25, -0.2) is 9.59 Å². The van der Waals surface area contributed by atoms with Crippen LogP contribution < -0.4 is 5.82 Å². The number of aryl methyl sites for hydroxylation is 1. The van der Waals surface area contributed by atoms with Gasteiger partial charge < -0.3 is 18.5 Å². The first-order valence-electron chi connectivity index (χ1n) is 5.18. The van der Waals surface area contributed by atoms with Crippen LogP contribution in [0.25, 0.3) is 0 Å². The Morgan fingerprint density at radius 3 is 2.62 bits per heavy atom. The second kappa shape index (κ2) is 4.42. The van der Waals surface area contributed by atoms with Crippen molar-refractivity contribution < 1.29 is 18.4 Å². The Balaban J connectivity index is 1.89. The van der Waals surface area contributed by atoms with Crippen molar-refractivity contribution in [3.63, 3.8) is 0 Å². The molecule has 1 aliphatic rings. The minimum absolute atomic E-state index is 0.0626. The lowest BCUT2D eigenvalue weighted by Crippen LogP contribution is -2.28. The number of ether oxygens (including phenoxy) is 1. The van der Waals surface area contributed by atoms with Crippen LogP contribution in [0.5, 0.6) is 0 Å². The largest absolute Gasteiger partial charge is 0.519 e. The molecule has 1 fully saturated rings. The third kappa shape index (κ3) is 2.26. The molecular weight excluding hydrogens is 214 g/mol. The lowest BCUT2D eigenvalue weighted by atomic mass is 10.4. The third-order valence-electron chi connectivity index (χ3n) is 2.53. The van der Waals surface area contributed by atoms with Crippen molar-refractivity contribution in [1.29, 1.82) is 0 Å². The van der Waals surface area contributed by atoms with Gasteiger partial charge in [0.2, 0.25) is 0 Å². The Labute approximate surface area is 91.8 Å². The summed E-state index contributed by atoms with van der Waals surface area (Å²) in [7, 11) is 0. The normalized spacial score (nSPS) is 15.4. The molecule has 2 heterocycles. The number of hydrogen-bond donors (Lipinski definition) is 0. The van der Waals surface area contributed by atoms with Crippen molar-refractivity contribution in [3.05, 3.63) is 22.1 Å². The average molecular weight is 227 g/mol. The van der Waals surface area contributed by atoms with Gasteiger partial charge in [0.25, 0.3) is 0 Å². The smallest absolute Gasteiger partial charge is 0.441 e. The van der Waals surface area contributed by atoms with Crippen LogP contribution in [-0.2, 0) is 11.3 Å². The molecule has 6 heteroatoms. The van der Waals surface area contributed by atoms with Crippen molar-refractivity contribution in [2.24, 2.45) is 0 Å². The second-order valence-corrected chi connectivity index (χ2v) is 3.68. The van der Waals surface area contributed by atoms with E-state index in [-0.39, 0.29) is 18.5 Å². The van der Waals surface area contributed by atoms with Crippen molar-refractivity contribution >= 4 is 6.09 Å². The topological polar surface area (TPSA) is 72.9 Å². The lowest BCUT2D eigenvalue weighted by molar-refractivity contribution is 0.0968. The van der Waals surface area contributed by atoms with Gasteiger partial charge in [0.05, 0.1) is 0 Å². The van der Waals surface area contributed by atoms with Gasteiger partial charge >= 0.3 is 11.9 Å². The minimum atomic E-state index is -0.773. The highest BCUT2D eigenvalue weighted by Crippen LogP contribution is 2.11. The van der Waals surface area contributed by atoms with Gasteiger partial charge in [0.1, 0.15) is 0 Å². The highest BCUT2D eigenvalue weighted by molar-refractivity contribution is 5.67. The Morgan fingerprint density at radius 2 is 2.06 bits per heavy atom. The van der Waals surface area contributed by atoms with E-state index in [0.29, 0.717) is 5.76 Å². The van der Waals surface area contributed by atoms with Crippen LogP contribution in [-0.4, -0.2) is 24.1 Å². The summed E-state index contributed by atoms with van der Waals surface area (Å²) in [5.41, 5.74) is 0. The van der Waals surface area contributed by atoms with Crippen LogP contribution >= 0.6 is 0 Å². The molecule has 88 valence electrons. The van der Waals surface area contributed by atoms with Gasteiger partial charge in [0, 0.05) is 13.1 Å². The van der Waals surface area contributed by atoms with E-state index in [4.69, 9.17) is 9.15 Å². The quantitative estimate of drug-likeness (QED) is 0.760. The zero-order chi connectivity index (χ0) is 11.5. The van der Waals surface area contributed by atoms with Gasteiger partial charge in [-0.3, -0.25) is 0 Å². The van der Waals surface area contributed by atoms with E-state index in [1.165, 1.54) is 0 Å². The molecule has 0 unspecified atom stereocenters. The van der Waals surface area contributed by atoms with E-state index in [1.54, 1.807) is 11.8 Å². The van der Waals surface area contributed by atoms with Crippen LogP contribution in [0.4, 0.5) is 4.79 Å². The van der Waals surface area contributed by atoms with Crippen LogP contribution in [0.3, 0.4) is 0 Å². The molecule has 1 aromatic rings. The maximum absolute atomic E-state index is 11.5. The Kier molecular flexibility index (Phi) is 2.98. The molecule has 1 amide bonds. The highest BCUT2D eigenvalue weighted by atomic mass is 16.6. The molecule has 16 heavy (non-hydrogen) atoms. The first-order chi connectivity index (χ1) is 7.66. The number of hydrogen-bond acceptors (Lipinski definition) is 5. The molecule has 0 bridgehead atoms. The number of carbonyl (C=O) groups excluding carboxylic acids is 1. The van der Waals surface area contributed by atoms with Crippen molar-refractivity contribution in [1.82, 2.24) is 4.90 Å². The predicted molar refractivity (Wildman–Crippen MR) is 53.0 cm³/mol. The van der Waals surface area contributed by atoms with E-state index < -0.39 is 5.82 Å². The standard InChI is InChI=1S/C10H13NO5/c1-7-8(16-10(13)15-7)6-14-9(12)11-4-2-3-5-11/h2-6H2,1H3. The summed E-state index contributed by atoms with van der Waals surface area (Å²) in [5, 5.41) is 0. The molecule has 0 saturated carbocycles. The van der Waals surface area contributed by atoms with Gasteiger partial charge in [0.15, 0.2) is 18.1 Å². The Morgan fingerprint density at radius 1 is 1.38 bits per heavy atom. The molecule has 2 rings (SSSR count). The molecule has 0 radical (unpaired) electrons. The summed E-state index contributed by atoms with van der Waals surface area (Å²) < 4.78 is 14.4. The van der Waals surface area contributed by atoms with Crippen LogP contribution in [0.1, 0.15) is 24.4 Å². The number of amides is 1. The van der Waals surface area contributed by atoms with Crippen molar-refractivity contribution in [2.75, 3.05) is 13.1 Å². The van der Waals surface area contributed by atoms with Crippen molar-refractivity contribution in [3.8, 4) is 0 Å². The molecule has 0 atom stereocenters. The van der Waals surface area contributed by atoms with Gasteiger partial charge in [-0.05, 0) is 19.8 Å². The molecular formula is C10H13NO5. The molecule has 1 aromatic heterocycles. The first kappa shape index (κ1) is 10.8. The van der Waals surface area contributed by atoms with E-state index in [1.807, 2.05) is 0 Å². The first-order valence-corrected chi connectivity index (χ1v) is 5.18. The SMILES string of the molecule is Cc1oc(=O)oc1COC(=O)N1CCCC1. The minimum Gasteiger partial charge on any atom is -0.441 e. The van der Waals surface area contributed by atoms with Gasteiger partial charge in [-0.15, -0.1) is 0 Å². The molecule has 0 aromatic carbocycles. The molecule has 0 N–H and O–H groups in total. The Bertz CT molecular complexity index is 427. The Hall–Kier alpha value is -1.72. The van der Waals surface area contributed by atoms with Crippen LogP contribution in [0, 0.1) is 6.92 Å². The summed E-state index contributed by atoms with van der Waals surface area (Å²) in [4.78, 5) is 23.9. The summed E-state index contributed by atoms with van der Waals surface area (Å²) in [6.07, 6.45) is 1.64. The lowest BCUT2D eigenvalue weighted by Gasteiger charge is -2.14. The van der Waals surface area contributed by atoms with Crippen LogP contribution in [0.2, 0.25) is 0 Å². The zero-order valence-corrected chi connectivity index (χ0v) is 9.02. The summed E-state index contributed by atoms with van der Waals surface area (Å²) in [6.45, 7) is 2.98. The maximum atomic E-state index is 11.5. The van der Waals surface area contributed by atoms with E-state index >= 15 is 0 Å². The van der Waals surface area contributed by atoms with Gasteiger partial charge in [-0.2, -0.15) is 0 Å². The summed E-state index contributed by atoms with van der Waals surface area (Å²) in [6, 6.07) is 0. The molecule has 1 saturated heterocycles. The van der Waals surface area contributed by atoms with Crippen molar-refractivity contribution in [2.45, 2.75) is 26.4 Å². The molecule has 1 aliphatic heterocycles. The van der Waals surface area contributed by atoms with Crippen LogP contribution in [0.15, 0.2) is 13.6 Å². The van der Waals surface area contributed by atoms with E-state index in [2.05, 4.69) is 4.42 Å². The van der Waals surface area contributed by atoms with E-state index in [9.17, 15) is 9.59 Å². The third-order valence-corrected chi connectivity index (χ3v) is 2.53. The fourth-order valence-corrected chi connectivity index (χ4v) is 1.62. The molecule has 0 spiro atoms. The number of rotatable bonds is 2. The van der Waals surface area contributed by atoms with Gasteiger partial charge in [-0.1, -0.05) is 0 Å². The number of carbonyl (C=O) groups is 1. The summed E-state index contributed by atoms with van der Waals surface area (Å²) in [5.74, 6) is -0.165. The molecule has 0 aliphatic carbocycles. The number of nitrogens with zero attached hydrogens (tertiary/aromatic N) is 1. The predicted octanol–water partition coefficient (Wildman–Crippen LogP) is 1.27. The average Bonchev–Trinajstić information content (AvgIpc) is 2.84. The monoisotopic (exact) mass is 227 g/mol. The molecule has 6 nitrogen and oxygen atoms in total. The second-order valence-electron chi connectivity index (χ2n) is 3.68. The maximum Gasteiger partial charge on any atom is 0.519 e. The fourth-order valence-electron chi connectivity index (χ4n) is 1.62.